The average Bonchev–Trinajstić information content (AvgIpc) is 2.34. The molecule has 21 heavy (non-hydrogen) atoms. The second-order valence-corrected chi connectivity index (χ2v) is 6.58. The van der Waals surface area contributed by atoms with E-state index in [4.69, 9.17) is 4.74 Å². The summed E-state index contributed by atoms with van der Waals surface area (Å²) >= 11 is 0. The van der Waals surface area contributed by atoms with Crippen LogP contribution >= 0.6 is 0 Å². The van der Waals surface area contributed by atoms with Gasteiger partial charge >= 0.3 is 5.97 Å². The van der Waals surface area contributed by atoms with Crippen LogP contribution in [-0.2, 0) is 9.53 Å². The van der Waals surface area contributed by atoms with Gasteiger partial charge < -0.3 is 15.0 Å². The lowest BCUT2D eigenvalue weighted by Crippen LogP contribution is -2.51. The molecule has 0 amide bonds. The molecule has 5 nitrogen and oxygen atoms in total. The topological polar surface area (TPSA) is 44.8 Å². The van der Waals surface area contributed by atoms with Gasteiger partial charge in [-0.3, -0.25) is 9.69 Å². The fourth-order valence-electron chi connectivity index (χ4n) is 2.21. The number of carbonyl (C=O) groups excluding carboxylic acids is 1. The Balaban J connectivity index is 4.70. The molecule has 0 aliphatic heterocycles. The monoisotopic (exact) mass is 301 g/mol. The smallest absolute Gasteiger partial charge is 0.324 e. The van der Waals surface area contributed by atoms with E-state index in [0.717, 1.165) is 19.6 Å². The van der Waals surface area contributed by atoms with E-state index in [1.807, 2.05) is 6.92 Å². The highest BCUT2D eigenvalue weighted by Gasteiger charge is 2.23. The molecule has 0 saturated carbocycles. The number of ether oxygens (including phenoxy) is 1. The van der Waals surface area contributed by atoms with E-state index in [-0.39, 0.29) is 18.1 Å². The van der Waals surface area contributed by atoms with Crippen molar-refractivity contribution >= 4 is 5.97 Å². The standard InChI is InChI=1S/C16H35N3O2/c1-8-21-16(20)15(17-14(4)5)12-19(11-13(2)3)10-9-18(6)7/h13-15,17H,8-12H2,1-7H3. The van der Waals surface area contributed by atoms with Crippen molar-refractivity contribution < 1.29 is 9.53 Å². The van der Waals surface area contributed by atoms with Crippen LogP contribution in [0.4, 0.5) is 0 Å². The second-order valence-electron chi connectivity index (χ2n) is 6.58. The van der Waals surface area contributed by atoms with Crippen LogP contribution in [-0.4, -0.2) is 74.7 Å². The van der Waals surface area contributed by atoms with Crippen molar-refractivity contribution in [2.45, 2.75) is 46.7 Å². The van der Waals surface area contributed by atoms with Gasteiger partial charge in [-0.2, -0.15) is 0 Å². The van der Waals surface area contributed by atoms with E-state index in [1.165, 1.54) is 0 Å². The Hall–Kier alpha value is -0.650. The van der Waals surface area contributed by atoms with Gasteiger partial charge in [0.05, 0.1) is 6.61 Å². The molecule has 0 bridgehead atoms. The van der Waals surface area contributed by atoms with Crippen LogP contribution < -0.4 is 5.32 Å². The van der Waals surface area contributed by atoms with E-state index in [1.54, 1.807) is 0 Å². The minimum Gasteiger partial charge on any atom is -0.465 e. The lowest BCUT2D eigenvalue weighted by Gasteiger charge is -2.30. The molecule has 0 aliphatic rings. The minimum atomic E-state index is -0.258. The number of rotatable bonds is 11. The molecule has 0 fully saturated rings. The first-order valence-corrected chi connectivity index (χ1v) is 8.06. The van der Waals surface area contributed by atoms with Crippen LogP contribution in [0.15, 0.2) is 0 Å². The van der Waals surface area contributed by atoms with Crippen molar-refractivity contribution in [3.05, 3.63) is 0 Å². The number of hydrogen-bond acceptors (Lipinski definition) is 5. The van der Waals surface area contributed by atoms with E-state index in [9.17, 15) is 4.79 Å². The van der Waals surface area contributed by atoms with Gasteiger partial charge in [-0.15, -0.1) is 0 Å². The fraction of sp³-hybridized carbons (Fsp3) is 0.938. The quantitative estimate of drug-likeness (QED) is 0.585. The van der Waals surface area contributed by atoms with Gasteiger partial charge in [-0.05, 0) is 26.9 Å². The first-order valence-electron chi connectivity index (χ1n) is 8.06. The van der Waals surface area contributed by atoms with Crippen molar-refractivity contribution in [2.75, 3.05) is 46.9 Å². The van der Waals surface area contributed by atoms with Gasteiger partial charge in [-0.25, -0.2) is 0 Å². The molecule has 0 rings (SSSR count). The summed E-state index contributed by atoms with van der Waals surface area (Å²) in [7, 11) is 4.14. The molecule has 0 spiro atoms. The molecule has 0 saturated heterocycles. The Kier molecular flexibility index (Phi) is 10.6. The van der Waals surface area contributed by atoms with E-state index in [0.29, 0.717) is 19.1 Å². The highest BCUT2D eigenvalue weighted by atomic mass is 16.5. The summed E-state index contributed by atoms with van der Waals surface area (Å²) in [5.41, 5.74) is 0. The lowest BCUT2D eigenvalue weighted by atomic mass is 10.1. The first-order chi connectivity index (χ1) is 9.76. The molecule has 126 valence electrons. The molecular weight excluding hydrogens is 266 g/mol. The van der Waals surface area contributed by atoms with Gasteiger partial charge in [-0.1, -0.05) is 27.7 Å². The van der Waals surface area contributed by atoms with Crippen molar-refractivity contribution in [1.29, 1.82) is 0 Å². The van der Waals surface area contributed by atoms with Crippen LogP contribution in [0.25, 0.3) is 0 Å². The van der Waals surface area contributed by atoms with Crippen LogP contribution in [0.5, 0.6) is 0 Å². The summed E-state index contributed by atoms with van der Waals surface area (Å²) in [6, 6.07) is 0.0000159. The number of nitrogens with one attached hydrogen (secondary N) is 1. The van der Waals surface area contributed by atoms with E-state index < -0.39 is 0 Å². The third-order valence-corrected chi connectivity index (χ3v) is 3.03. The van der Waals surface area contributed by atoms with Crippen LogP contribution in [0, 0.1) is 5.92 Å². The molecule has 0 aromatic heterocycles. The molecular formula is C16H35N3O2. The van der Waals surface area contributed by atoms with Crippen molar-refractivity contribution in [3.8, 4) is 0 Å². The number of carbonyl (C=O) groups is 1. The molecule has 0 aromatic rings. The summed E-state index contributed by atoms with van der Waals surface area (Å²) in [5.74, 6) is 0.430. The number of likely N-dealkylation sites (N-methyl/N-ethyl adjacent to an activating group) is 1. The number of nitrogens with zero attached hydrogens (tertiary/aromatic N) is 2. The Bertz CT molecular complexity index is 281. The van der Waals surface area contributed by atoms with Crippen molar-refractivity contribution in [1.82, 2.24) is 15.1 Å². The summed E-state index contributed by atoms with van der Waals surface area (Å²) in [4.78, 5) is 16.6. The Morgan fingerprint density at radius 2 is 1.71 bits per heavy atom. The predicted octanol–water partition coefficient (Wildman–Crippen LogP) is 1.44. The normalized spacial score (nSPS) is 13.5. The van der Waals surface area contributed by atoms with Gasteiger partial charge in [0.2, 0.25) is 0 Å². The molecule has 1 N–H and O–H groups in total. The first kappa shape index (κ1) is 20.3. The van der Waals surface area contributed by atoms with Crippen LogP contribution in [0.3, 0.4) is 0 Å². The zero-order valence-electron chi connectivity index (χ0n) is 15.0. The minimum absolute atomic E-state index is 0.148. The molecule has 0 radical (unpaired) electrons. The highest BCUT2D eigenvalue weighted by molar-refractivity contribution is 5.76. The summed E-state index contributed by atoms with van der Waals surface area (Å²) in [5, 5.41) is 3.33. The van der Waals surface area contributed by atoms with Crippen LogP contribution in [0.1, 0.15) is 34.6 Å². The molecule has 1 unspecified atom stereocenters. The fourth-order valence-corrected chi connectivity index (χ4v) is 2.21. The van der Waals surface area contributed by atoms with E-state index >= 15 is 0 Å². The zero-order chi connectivity index (χ0) is 16.4. The third-order valence-electron chi connectivity index (χ3n) is 3.03. The highest BCUT2D eigenvalue weighted by Crippen LogP contribution is 2.03. The maximum absolute atomic E-state index is 12.1. The summed E-state index contributed by atoms with van der Waals surface area (Å²) < 4.78 is 5.20. The lowest BCUT2D eigenvalue weighted by molar-refractivity contribution is -0.146. The molecule has 0 heterocycles. The number of esters is 1. The summed E-state index contributed by atoms with van der Waals surface area (Å²) in [6.07, 6.45) is 0. The molecule has 0 aliphatic carbocycles. The second kappa shape index (κ2) is 11.0. The Labute approximate surface area is 131 Å². The maximum atomic E-state index is 12.1. The average molecular weight is 301 g/mol. The Morgan fingerprint density at radius 3 is 2.14 bits per heavy atom. The van der Waals surface area contributed by atoms with Crippen LogP contribution in [0.2, 0.25) is 0 Å². The van der Waals surface area contributed by atoms with Crippen molar-refractivity contribution in [2.24, 2.45) is 5.92 Å². The summed E-state index contributed by atoms with van der Waals surface area (Å²) in [6.45, 7) is 14.4. The zero-order valence-corrected chi connectivity index (χ0v) is 15.0. The van der Waals surface area contributed by atoms with E-state index in [2.05, 4.69) is 56.9 Å². The largest absolute Gasteiger partial charge is 0.465 e. The molecule has 5 heteroatoms. The molecule has 1 atom stereocenters. The third kappa shape index (κ3) is 10.7. The number of hydrogen-bond donors (Lipinski definition) is 1. The van der Waals surface area contributed by atoms with Gasteiger partial charge in [0, 0.05) is 32.2 Å². The SMILES string of the molecule is CCOC(=O)C(CN(CCN(C)C)CC(C)C)NC(C)C. The predicted molar refractivity (Wildman–Crippen MR) is 88.5 cm³/mol. The van der Waals surface area contributed by atoms with Gasteiger partial charge in [0.25, 0.3) is 0 Å². The molecule has 0 aromatic carbocycles. The maximum Gasteiger partial charge on any atom is 0.324 e. The van der Waals surface area contributed by atoms with Gasteiger partial charge in [0.1, 0.15) is 6.04 Å². The Morgan fingerprint density at radius 1 is 1.10 bits per heavy atom. The van der Waals surface area contributed by atoms with Gasteiger partial charge in [0.15, 0.2) is 0 Å². The van der Waals surface area contributed by atoms with Crippen molar-refractivity contribution in [3.63, 3.8) is 0 Å².